The molecule has 1 amide bonds. The SMILES string of the molecule is CC(=O)N[C@@]1(c2cc(Br)ccc2F)CO[C@@H](C)C[C@@]1(F)CO. The van der Waals surface area contributed by atoms with Gasteiger partial charge in [-0.05, 0) is 25.1 Å². The van der Waals surface area contributed by atoms with E-state index in [1.54, 1.807) is 6.92 Å². The van der Waals surface area contributed by atoms with Crippen LogP contribution >= 0.6 is 15.9 Å². The highest BCUT2D eigenvalue weighted by Gasteiger charge is 2.58. The van der Waals surface area contributed by atoms with Gasteiger partial charge in [0.2, 0.25) is 5.91 Å². The maximum atomic E-state index is 15.5. The van der Waals surface area contributed by atoms with Gasteiger partial charge in [-0.3, -0.25) is 4.79 Å². The number of aliphatic hydroxyl groups is 1. The van der Waals surface area contributed by atoms with E-state index in [9.17, 15) is 14.3 Å². The highest BCUT2D eigenvalue weighted by atomic mass is 79.9. The zero-order chi connectivity index (χ0) is 16.5. The molecule has 2 N–H and O–H groups in total. The van der Waals surface area contributed by atoms with E-state index in [0.29, 0.717) is 4.47 Å². The predicted molar refractivity (Wildman–Crippen MR) is 80.6 cm³/mol. The van der Waals surface area contributed by atoms with Gasteiger partial charge < -0.3 is 15.2 Å². The monoisotopic (exact) mass is 377 g/mol. The van der Waals surface area contributed by atoms with Gasteiger partial charge in [-0.1, -0.05) is 15.9 Å². The van der Waals surface area contributed by atoms with Gasteiger partial charge in [0.15, 0.2) is 5.67 Å². The molecule has 1 aliphatic rings. The number of ether oxygens (including phenoxy) is 1. The van der Waals surface area contributed by atoms with Crippen LogP contribution in [0, 0.1) is 5.82 Å². The molecule has 1 saturated heterocycles. The average molecular weight is 378 g/mol. The summed E-state index contributed by atoms with van der Waals surface area (Å²) >= 11 is 3.22. The Morgan fingerprint density at radius 1 is 1.59 bits per heavy atom. The van der Waals surface area contributed by atoms with Gasteiger partial charge >= 0.3 is 0 Å². The van der Waals surface area contributed by atoms with Crippen molar-refractivity contribution in [1.82, 2.24) is 5.32 Å². The van der Waals surface area contributed by atoms with Crippen LogP contribution in [0.1, 0.15) is 25.8 Å². The fourth-order valence-electron chi connectivity index (χ4n) is 2.94. The van der Waals surface area contributed by atoms with Crippen molar-refractivity contribution in [2.24, 2.45) is 0 Å². The Hall–Kier alpha value is -1.05. The molecule has 0 bridgehead atoms. The Morgan fingerprint density at radius 2 is 2.27 bits per heavy atom. The van der Waals surface area contributed by atoms with Crippen molar-refractivity contribution in [3.63, 3.8) is 0 Å². The van der Waals surface area contributed by atoms with Crippen LogP contribution < -0.4 is 5.32 Å². The second kappa shape index (κ2) is 6.22. The lowest BCUT2D eigenvalue weighted by atomic mass is 9.71. The number of rotatable bonds is 3. The summed E-state index contributed by atoms with van der Waals surface area (Å²) in [7, 11) is 0. The van der Waals surface area contributed by atoms with Crippen LogP contribution in [0.2, 0.25) is 0 Å². The van der Waals surface area contributed by atoms with Crippen LogP contribution in [0.3, 0.4) is 0 Å². The van der Waals surface area contributed by atoms with E-state index in [2.05, 4.69) is 21.2 Å². The van der Waals surface area contributed by atoms with E-state index < -0.39 is 35.6 Å². The Kier molecular flexibility index (Phi) is 4.89. The number of hydrogen-bond donors (Lipinski definition) is 2. The van der Waals surface area contributed by atoms with Gasteiger partial charge in [-0.2, -0.15) is 0 Å². The molecule has 0 aliphatic carbocycles. The summed E-state index contributed by atoms with van der Waals surface area (Å²) in [6.07, 6.45) is -0.607. The first-order valence-electron chi connectivity index (χ1n) is 6.90. The number of benzene rings is 1. The molecule has 1 heterocycles. The van der Waals surface area contributed by atoms with Gasteiger partial charge in [0, 0.05) is 23.4 Å². The van der Waals surface area contributed by atoms with Crippen molar-refractivity contribution in [3.05, 3.63) is 34.1 Å². The maximum Gasteiger partial charge on any atom is 0.217 e. The van der Waals surface area contributed by atoms with Gasteiger partial charge in [0.25, 0.3) is 0 Å². The molecule has 7 heteroatoms. The zero-order valence-corrected chi connectivity index (χ0v) is 13.9. The smallest absolute Gasteiger partial charge is 0.217 e. The van der Waals surface area contributed by atoms with Crippen molar-refractivity contribution >= 4 is 21.8 Å². The number of hydrogen-bond acceptors (Lipinski definition) is 3. The first kappa shape index (κ1) is 17.3. The van der Waals surface area contributed by atoms with Crippen LogP contribution in [0.25, 0.3) is 0 Å². The largest absolute Gasteiger partial charge is 0.393 e. The lowest BCUT2D eigenvalue weighted by Gasteiger charge is -2.49. The third kappa shape index (κ3) is 2.89. The number of halogens is 3. The Labute approximate surface area is 136 Å². The molecule has 22 heavy (non-hydrogen) atoms. The molecule has 1 aliphatic heterocycles. The average Bonchev–Trinajstić information content (AvgIpc) is 2.44. The van der Waals surface area contributed by atoms with Crippen LogP contribution in [-0.2, 0) is 15.1 Å². The number of nitrogens with one attached hydrogen (secondary N) is 1. The lowest BCUT2D eigenvalue weighted by Crippen LogP contribution is -2.67. The summed E-state index contributed by atoms with van der Waals surface area (Å²) in [5, 5.41) is 12.1. The predicted octanol–water partition coefficient (Wildman–Crippen LogP) is 2.43. The lowest BCUT2D eigenvalue weighted by molar-refractivity contribution is -0.158. The summed E-state index contributed by atoms with van der Waals surface area (Å²) < 4.78 is 35.9. The van der Waals surface area contributed by atoms with Gasteiger partial charge in [-0.15, -0.1) is 0 Å². The van der Waals surface area contributed by atoms with Crippen LogP contribution in [0.15, 0.2) is 22.7 Å². The molecule has 0 radical (unpaired) electrons. The van der Waals surface area contributed by atoms with E-state index in [1.807, 2.05) is 0 Å². The number of aliphatic hydroxyl groups excluding tert-OH is 1. The fourth-order valence-corrected chi connectivity index (χ4v) is 3.31. The summed E-state index contributed by atoms with van der Waals surface area (Å²) in [4.78, 5) is 11.6. The van der Waals surface area contributed by atoms with E-state index in [4.69, 9.17) is 4.74 Å². The first-order valence-corrected chi connectivity index (χ1v) is 7.69. The summed E-state index contributed by atoms with van der Waals surface area (Å²) in [6.45, 7) is 1.76. The molecule has 122 valence electrons. The molecular formula is C15H18BrF2NO3. The molecule has 2 rings (SSSR count). The molecule has 0 unspecified atom stereocenters. The second-order valence-electron chi connectivity index (χ2n) is 5.66. The second-order valence-corrected chi connectivity index (χ2v) is 6.58. The van der Waals surface area contributed by atoms with Crippen molar-refractivity contribution in [1.29, 1.82) is 0 Å². The number of carbonyl (C=O) groups is 1. The molecular weight excluding hydrogens is 360 g/mol. The minimum atomic E-state index is -2.24. The molecule has 0 spiro atoms. The molecule has 0 saturated carbocycles. The molecule has 1 fully saturated rings. The Bertz CT molecular complexity index is 586. The van der Waals surface area contributed by atoms with E-state index in [-0.39, 0.29) is 18.6 Å². The van der Waals surface area contributed by atoms with Crippen LogP contribution in [-0.4, -0.2) is 36.0 Å². The maximum absolute atomic E-state index is 15.5. The molecule has 1 aromatic rings. The van der Waals surface area contributed by atoms with Crippen molar-refractivity contribution < 1.29 is 23.4 Å². The topological polar surface area (TPSA) is 58.6 Å². The third-order valence-corrected chi connectivity index (χ3v) is 4.48. The highest BCUT2D eigenvalue weighted by Crippen LogP contribution is 2.45. The molecule has 4 nitrogen and oxygen atoms in total. The van der Waals surface area contributed by atoms with Gasteiger partial charge in [0.1, 0.15) is 11.4 Å². The summed E-state index contributed by atoms with van der Waals surface area (Å²) in [6, 6.07) is 4.05. The van der Waals surface area contributed by atoms with Crippen LogP contribution in [0.5, 0.6) is 0 Å². The number of carbonyl (C=O) groups excluding carboxylic acids is 1. The van der Waals surface area contributed by atoms with Crippen molar-refractivity contribution in [2.75, 3.05) is 13.2 Å². The summed E-state index contributed by atoms with van der Waals surface area (Å²) in [5.74, 6) is -1.21. The standard InChI is InChI=1S/C15H18BrF2NO3/c1-9-6-14(18,7-20)15(8-22-9,19-10(2)21)12-5-11(16)3-4-13(12)17/h3-5,9,20H,6-8H2,1-2H3,(H,19,21)/t9-,14+,15+/m0/s1. The Balaban J connectivity index is 2.66. The quantitative estimate of drug-likeness (QED) is 0.850. The minimum Gasteiger partial charge on any atom is -0.393 e. The molecule has 1 aromatic carbocycles. The Morgan fingerprint density at radius 3 is 2.86 bits per heavy atom. The normalized spacial score (nSPS) is 31.8. The van der Waals surface area contributed by atoms with Gasteiger partial charge in [0.05, 0.1) is 19.3 Å². The first-order chi connectivity index (χ1) is 10.2. The highest BCUT2D eigenvalue weighted by molar-refractivity contribution is 9.10. The zero-order valence-electron chi connectivity index (χ0n) is 12.3. The van der Waals surface area contributed by atoms with E-state index in [0.717, 1.165) is 0 Å². The van der Waals surface area contributed by atoms with Gasteiger partial charge in [-0.25, -0.2) is 8.78 Å². The number of alkyl halides is 1. The minimum absolute atomic E-state index is 0.0551. The number of amides is 1. The molecule has 0 aromatic heterocycles. The fraction of sp³-hybridized carbons (Fsp3) is 0.533. The van der Waals surface area contributed by atoms with E-state index in [1.165, 1.54) is 25.1 Å². The summed E-state index contributed by atoms with van der Waals surface area (Å²) in [5.41, 5.74) is -4.08. The molecule has 3 atom stereocenters. The van der Waals surface area contributed by atoms with Crippen molar-refractivity contribution in [2.45, 2.75) is 37.6 Å². The van der Waals surface area contributed by atoms with Crippen LogP contribution in [0.4, 0.5) is 8.78 Å². The van der Waals surface area contributed by atoms with E-state index >= 15 is 4.39 Å². The third-order valence-electron chi connectivity index (χ3n) is 3.99. The van der Waals surface area contributed by atoms with Crippen molar-refractivity contribution in [3.8, 4) is 0 Å².